The molecule has 0 amide bonds. The van der Waals surface area contributed by atoms with Crippen LogP contribution in [0.15, 0.2) is 0 Å². The average Bonchev–Trinajstić information content (AvgIpc) is 0. The standard InChI is InChI=1S/Bi.Ca.Fe.V.Zr.5H. The van der Waals surface area contributed by atoms with Crippen molar-refractivity contribution in [3.05, 3.63) is 0 Å². The van der Waals surface area contributed by atoms with Gasteiger partial charge in [0.1, 0.15) is 0 Å². The zero-order valence-electron chi connectivity index (χ0n) is 2.01. The fraction of sp³-hybridized carbons (Fsp3) is 0. The first-order valence-corrected chi connectivity index (χ1v) is 0. The van der Waals surface area contributed by atoms with Crippen molar-refractivity contribution in [1.82, 2.24) is 0 Å². The van der Waals surface area contributed by atoms with Crippen molar-refractivity contribution in [2.45, 2.75) is 0 Å². The van der Waals surface area contributed by atoms with Crippen LogP contribution in [0.25, 0.3) is 0 Å². The van der Waals surface area contributed by atoms with Crippen LogP contribution in [0, 0.1) is 0 Å². The van der Waals surface area contributed by atoms with Crippen LogP contribution in [0.5, 0.6) is 0 Å². The molecule has 0 saturated carbocycles. The summed E-state index contributed by atoms with van der Waals surface area (Å²) >= 11 is 0. The molecule has 0 atom stereocenters. The maximum Gasteiger partial charge on any atom is 0 e. The van der Waals surface area contributed by atoms with Gasteiger partial charge in [-0.05, 0) is 0 Å². The van der Waals surface area contributed by atoms with E-state index in [2.05, 4.69) is 0 Å². The molecule has 0 saturated heterocycles. The SMILES string of the molecule is [BiH3].[CaH2].[Fe].[V].[Zr]. The van der Waals surface area contributed by atoms with Crippen molar-refractivity contribution in [3.8, 4) is 0 Å². The summed E-state index contributed by atoms with van der Waals surface area (Å²) in [5.41, 5.74) is 0. The molecule has 0 fully saturated rings. The zero-order chi connectivity index (χ0) is 0. The Balaban J connectivity index is 0. The molecule has 0 N–H and O–H groups in total. The van der Waals surface area contributed by atoms with E-state index in [0.29, 0.717) is 0 Å². The van der Waals surface area contributed by atoms with Gasteiger partial charge in [-0.2, -0.15) is 0 Å². The Labute approximate surface area is 123 Å². The third-order valence-electron chi connectivity index (χ3n) is 0. The van der Waals surface area contributed by atoms with Crippen molar-refractivity contribution in [3.63, 3.8) is 0 Å². The Hall–Kier alpha value is 4.13. The summed E-state index contributed by atoms with van der Waals surface area (Å²) in [6.07, 6.45) is 0. The van der Waals surface area contributed by atoms with Gasteiger partial charge in [0, 0.05) is 61.8 Å². The Kier molecular flexibility index (Phi) is 171. The molecule has 1 radical (unpaired) electrons. The molecule has 0 bridgehead atoms. The van der Waals surface area contributed by atoms with Crippen LogP contribution in [0.1, 0.15) is 0 Å². The van der Waals surface area contributed by atoms with Crippen LogP contribution >= 0.6 is 0 Å². The normalized spacial score (nSPS) is 0. The minimum absolute atomic E-state index is 0. The van der Waals surface area contributed by atoms with E-state index in [1.165, 1.54) is 0 Å². The van der Waals surface area contributed by atoms with Gasteiger partial charge >= 0.3 is 63.9 Å². The van der Waals surface area contributed by atoms with E-state index in [1.54, 1.807) is 0 Å². The minimum atomic E-state index is 0. The second-order valence-corrected chi connectivity index (χ2v) is 0. The Morgan fingerprint density at radius 1 is 1.00 bits per heavy atom. The summed E-state index contributed by atoms with van der Waals surface area (Å²) in [5, 5.41) is 0. The maximum atomic E-state index is 0. The Bertz CT molecular complexity index is 11.6. The molecule has 5 heteroatoms. The van der Waals surface area contributed by atoms with Crippen LogP contribution in [0.4, 0.5) is 0 Å². The van der Waals surface area contributed by atoms with Gasteiger partial charge < -0.3 is 0 Å². The van der Waals surface area contributed by atoms with Crippen molar-refractivity contribution in [2.75, 3.05) is 0 Å². The van der Waals surface area contributed by atoms with Crippen LogP contribution in [0.2, 0.25) is 0 Å². The maximum absolute atomic E-state index is 0. The van der Waals surface area contributed by atoms with E-state index >= 15 is 0 Å². The fourth-order valence-corrected chi connectivity index (χ4v) is 0. The molecule has 5 heavy (non-hydrogen) atoms. The van der Waals surface area contributed by atoms with Gasteiger partial charge in [-0.25, -0.2) is 0 Å². The summed E-state index contributed by atoms with van der Waals surface area (Å²) < 4.78 is 0. The molecule has 0 nitrogen and oxygen atoms in total. The topological polar surface area (TPSA) is 0 Å². The fourth-order valence-electron chi connectivity index (χ4n) is 0. The van der Waals surface area contributed by atoms with E-state index in [1.807, 2.05) is 0 Å². The first-order valence-electron chi connectivity index (χ1n) is 0. The predicted molar refractivity (Wildman–Crippen MR) is 18.5 cm³/mol. The van der Waals surface area contributed by atoms with Crippen LogP contribution < -0.4 is 0 Å². The zero-order valence-corrected chi connectivity index (χ0v) is 12.5. The molecule has 29 valence electrons. The number of rotatable bonds is 0. The third-order valence-corrected chi connectivity index (χ3v) is 0. The van der Waals surface area contributed by atoms with E-state index in [9.17, 15) is 0 Å². The first kappa shape index (κ1) is 35.4. The van der Waals surface area contributed by atoms with Crippen LogP contribution in [-0.4, -0.2) is 63.9 Å². The first-order chi connectivity index (χ1) is 0. The average molecular weight is 452 g/mol. The largest absolute Gasteiger partial charge is 0 e. The monoisotopic (exact) mass is 451 g/mol. The molecule has 0 aliphatic heterocycles. The summed E-state index contributed by atoms with van der Waals surface area (Å²) in [6.45, 7) is 0. The molecule has 0 aromatic rings. The molecule has 0 aromatic carbocycles. The molecule has 0 rings (SSSR count). The second-order valence-electron chi connectivity index (χ2n) is 0. The third kappa shape index (κ3) is 17.9. The van der Waals surface area contributed by atoms with Crippen molar-refractivity contribution < 1.29 is 61.8 Å². The van der Waals surface area contributed by atoms with E-state index in [-0.39, 0.29) is 126 Å². The van der Waals surface area contributed by atoms with E-state index in [0.717, 1.165) is 0 Å². The van der Waals surface area contributed by atoms with Gasteiger partial charge in [-0.15, -0.1) is 0 Å². The summed E-state index contributed by atoms with van der Waals surface area (Å²) in [4.78, 5) is 0. The molecular formula is H5BiCaFeVZr. The molecular weight excluding hydrogens is 447 g/mol. The van der Waals surface area contributed by atoms with Crippen LogP contribution in [0.3, 0.4) is 0 Å². The van der Waals surface area contributed by atoms with Gasteiger partial charge in [-0.3, -0.25) is 0 Å². The van der Waals surface area contributed by atoms with E-state index in [4.69, 9.17) is 0 Å². The van der Waals surface area contributed by atoms with Gasteiger partial charge in [0.2, 0.25) is 0 Å². The molecule has 0 aliphatic carbocycles. The van der Waals surface area contributed by atoms with Crippen molar-refractivity contribution >= 4 is 63.9 Å². The van der Waals surface area contributed by atoms with Crippen molar-refractivity contribution in [2.24, 2.45) is 0 Å². The minimum Gasteiger partial charge on any atom is 0 e. The van der Waals surface area contributed by atoms with Gasteiger partial charge in [0.25, 0.3) is 0 Å². The molecule has 0 aromatic heterocycles. The van der Waals surface area contributed by atoms with Gasteiger partial charge in [0.05, 0.1) is 0 Å². The smallest absolute Gasteiger partial charge is 0 e. The Morgan fingerprint density at radius 2 is 1.00 bits per heavy atom. The number of hydrogen-bond acceptors (Lipinski definition) is 0. The Morgan fingerprint density at radius 3 is 1.00 bits per heavy atom. The summed E-state index contributed by atoms with van der Waals surface area (Å²) in [5.74, 6) is 0. The predicted octanol–water partition coefficient (Wildman–Crippen LogP) is -2.11. The molecule has 0 spiro atoms. The van der Waals surface area contributed by atoms with Crippen LogP contribution in [-0.2, 0) is 61.8 Å². The van der Waals surface area contributed by atoms with Gasteiger partial charge in [-0.1, -0.05) is 0 Å². The summed E-state index contributed by atoms with van der Waals surface area (Å²) in [6, 6.07) is 0. The van der Waals surface area contributed by atoms with Crippen molar-refractivity contribution in [1.29, 1.82) is 0 Å². The second kappa shape index (κ2) is 24.2. The molecule has 0 unspecified atom stereocenters. The van der Waals surface area contributed by atoms with E-state index < -0.39 is 0 Å². The molecule has 0 heterocycles. The summed E-state index contributed by atoms with van der Waals surface area (Å²) in [7, 11) is 0. The van der Waals surface area contributed by atoms with Gasteiger partial charge in [0.15, 0.2) is 0 Å². The number of hydrogen-bond donors (Lipinski definition) is 0. The quantitative estimate of drug-likeness (QED) is 0.370. The molecule has 0 aliphatic rings.